The van der Waals surface area contributed by atoms with Gasteiger partial charge >= 0.3 is 0 Å². The van der Waals surface area contributed by atoms with Crippen molar-refractivity contribution in [1.82, 2.24) is 4.90 Å². The van der Waals surface area contributed by atoms with Crippen LogP contribution in [0.4, 0.5) is 11.4 Å². The van der Waals surface area contributed by atoms with E-state index in [1.807, 2.05) is 0 Å². The van der Waals surface area contributed by atoms with Crippen LogP contribution < -0.4 is 10.2 Å². The van der Waals surface area contributed by atoms with Crippen LogP contribution in [-0.2, 0) is 16.1 Å². The highest BCUT2D eigenvalue weighted by atomic mass is 16.3. The zero-order chi connectivity index (χ0) is 22.2. The Morgan fingerprint density at radius 1 is 0.969 bits per heavy atom. The molecule has 160 valence electrons. The molecule has 1 fully saturated rings. The zero-order valence-corrected chi connectivity index (χ0v) is 17.0. The van der Waals surface area contributed by atoms with Crippen molar-refractivity contribution in [2.24, 2.45) is 5.92 Å². The van der Waals surface area contributed by atoms with E-state index < -0.39 is 17.7 Å². The Hall–Kier alpha value is -4.20. The third-order valence-electron chi connectivity index (χ3n) is 5.68. The van der Waals surface area contributed by atoms with Crippen LogP contribution in [0.15, 0.2) is 71.3 Å². The van der Waals surface area contributed by atoms with Crippen molar-refractivity contribution in [1.29, 1.82) is 0 Å². The lowest BCUT2D eigenvalue weighted by Gasteiger charge is -2.17. The number of likely N-dealkylation sites (tertiary alicyclic amines) is 1. The Balaban J connectivity index is 1.29. The molecule has 1 N–H and O–H groups in total. The maximum Gasteiger partial charge on any atom is 0.266 e. The second kappa shape index (κ2) is 7.81. The summed E-state index contributed by atoms with van der Waals surface area (Å²) in [6, 6.07) is 16.8. The second-order valence-corrected chi connectivity index (χ2v) is 7.79. The Morgan fingerprint density at radius 2 is 1.72 bits per heavy atom. The van der Waals surface area contributed by atoms with Crippen LogP contribution in [0, 0.1) is 5.92 Å². The molecule has 2 aromatic carbocycles. The number of amides is 4. The quantitative estimate of drug-likeness (QED) is 0.629. The first-order valence-electron chi connectivity index (χ1n) is 10.2. The molecule has 0 aliphatic carbocycles. The van der Waals surface area contributed by atoms with Crippen LogP contribution in [0.1, 0.15) is 32.9 Å². The number of hydrogen-bond donors (Lipinski definition) is 1. The van der Waals surface area contributed by atoms with Gasteiger partial charge in [0.1, 0.15) is 5.76 Å². The molecule has 0 saturated carbocycles. The average Bonchev–Trinajstić information content (AvgIpc) is 3.49. The van der Waals surface area contributed by atoms with Gasteiger partial charge in [-0.1, -0.05) is 18.2 Å². The van der Waals surface area contributed by atoms with Gasteiger partial charge in [-0.25, -0.2) is 4.90 Å². The summed E-state index contributed by atoms with van der Waals surface area (Å²) in [5.74, 6) is -1.04. The van der Waals surface area contributed by atoms with E-state index in [2.05, 4.69) is 5.32 Å². The lowest BCUT2D eigenvalue weighted by Crippen LogP contribution is -2.30. The molecular formula is C24H19N3O5. The summed E-state index contributed by atoms with van der Waals surface area (Å²) in [7, 11) is 0. The van der Waals surface area contributed by atoms with Gasteiger partial charge < -0.3 is 14.6 Å². The summed E-state index contributed by atoms with van der Waals surface area (Å²) in [6.07, 6.45) is 1.66. The van der Waals surface area contributed by atoms with Crippen LogP contribution in [-0.4, -0.2) is 35.1 Å². The van der Waals surface area contributed by atoms with E-state index in [1.54, 1.807) is 71.8 Å². The average molecular weight is 429 g/mol. The summed E-state index contributed by atoms with van der Waals surface area (Å²) >= 11 is 0. The number of fused-ring (bicyclic) bond motifs is 1. The van der Waals surface area contributed by atoms with Gasteiger partial charge in [-0.05, 0) is 42.5 Å². The molecule has 8 nitrogen and oxygen atoms in total. The van der Waals surface area contributed by atoms with Crippen molar-refractivity contribution in [3.63, 3.8) is 0 Å². The fourth-order valence-corrected chi connectivity index (χ4v) is 4.08. The van der Waals surface area contributed by atoms with Gasteiger partial charge in [-0.2, -0.15) is 0 Å². The Labute approximate surface area is 183 Å². The molecule has 3 heterocycles. The normalized spacial score (nSPS) is 17.8. The van der Waals surface area contributed by atoms with E-state index in [0.717, 1.165) is 4.90 Å². The lowest BCUT2D eigenvalue weighted by molar-refractivity contribution is -0.128. The molecule has 1 aromatic heterocycles. The zero-order valence-electron chi connectivity index (χ0n) is 17.0. The molecule has 32 heavy (non-hydrogen) atoms. The number of hydrogen-bond acceptors (Lipinski definition) is 5. The maximum atomic E-state index is 12.8. The molecule has 2 aliphatic heterocycles. The second-order valence-electron chi connectivity index (χ2n) is 7.79. The molecular weight excluding hydrogens is 410 g/mol. The van der Waals surface area contributed by atoms with Crippen LogP contribution in [0.5, 0.6) is 0 Å². The van der Waals surface area contributed by atoms with E-state index in [9.17, 15) is 19.2 Å². The molecule has 0 spiro atoms. The summed E-state index contributed by atoms with van der Waals surface area (Å²) < 4.78 is 5.28. The number of nitrogens with zero attached hydrogens (tertiary/aromatic N) is 2. The number of carbonyl (C=O) groups excluding carboxylic acids is 4. The standard InChI is InChI=1S/C24H19N3O5/c28-21-11-15(13-26(21)14-18-7-4-10-32-18)22(29)25-16-5-3-6-17(12-16)27-23(30)19-8-1-2-9-20(19)24(27)31/h1-10,12,15H,11,13-14H2,(H,25,29). The van der Waals surface area contributed by atoms with Gasteiger partial charge in [-0.15, -0.1) is 0 Å². The minimum absolute atomic E-state index is 0.110. The van der Waals surface area contributed by atoms with Gasteiger partial charge in [0.05, 0.1) is 35.5 Å². The van der Waals surface area contributed by atoms with Crippen molar-refractivity contribution in [2.45, 2.75) is 13.0 Å². The van der Waals surface area contributed by atoms with E-state index in [4.69, 9.17) is 4.42 Å². The third kappa shape index (κ3) is 3.45. The molecule has 0 bridgehead atoms. The first kappa shape index (κ1) is 19.7. The minimum atomic E-state index is -0.500. The molecule has 3 aromatic rings. The van der Waals surface area contributed by atoms with Crippen LogP contribution in [0.2, 0.25) is 0 Å². The highest BCUT2D eigenvalue weighted by Gasteiger charge is 2.37. The largest absolute Gasteiger partial charge is 0.467 e. The van der Waals surface area contributed by atoms with Crippen molar-refractivity contribution < 1.29 is 23.6 Å². The van der Waals surface area contributed by atoms with Crippen LogP contribution >= 0.6 is 0 Å². The number of carbonyl (C=O) groups is 4. The first-order chi connectivity index (χ1) is 15.5. The lowest BCUT2D eigenvalue weighted by atomic mass is 10.1. The highest BCUT2D eigenvalue weighted by molar-refractivity contribution is 6.34. The van der Waals surface area contributed by atoms with Crippen LogP contribution in [0.3, 0.4) is 0 Å². The molecule has 4 amide bonds. The van der Waals surface area contributed by atoms with Crippen molar-refractivity contribution in [3.8, 4) is 0 Å². The van der Waals surface area contributed by atoms with Gasteiger partial charge in [0.2, 0.25) is 11.8 Å². The fourth-order valence-electron chi connectivity index (χ4n) is 4.08. The summed E-state index contributed by atoms with van der Waals surface area (Å²) in [5, 5.41) is 2.81. The van der Waals surface area contributed by atoms with E-state index in [0.29, 0.717) is 41.4 Å². The molecule has 1 saturated heterocycles. The van der Waals surface area contributed by atoms with Crippen LogP contribution in [0.25, 0.3) is 0 Å². The predicted molar refractivity (Wildman–Crippen MR) is 115 cm³/mol. The van der Waals surface area contributed by atoms with E-state index in [-0.39, 0.29) is 18.2 Å². The smallest absolute Gasteiger partial charge is 0.266 e. The first-order valence-corrected chi connectivity index (χ1v) is 10.2. The summed E-state index contributed by atoms with van der Waals surface area (Å²) in [6.45, 7) is 0.619. The molecule has 1 unspecified atom stereocenters. The van der Waals surface area contributed by atoms with Gasteiger partial charge in [0.25, 0.3) is 11.8 Å². The summed E-state index contributed by atoms with van der Waals surface area (Å²) in [5.41, 5.74) is 1.53. The van der Waals surface area contributed by atoms with Gasteiger partial charge in [0, 0.05) is 18.7 Å². The Kier molecular flexibility index (Phi) is 4.82. The molecule has 5 rings (SSSR count). The summed E-state index contributed by atoms with van der Waals surface area (Å²) in [4.78, 5) is 53.2. The van der Waals surface area contributed by atoms with Crippen molar-refractivity contribution in [2.75, 3.05) is 16.8 Å². The number of imide groups is 1. The molecule has 8 heteroatoms. The number of rotatable bonds is 5. The monoisotopic (exact) mass is 429 g/mol. The predicted octanol–water partition coefficient (Wildman–Crippen LogP) is 3.07. The highest BCUT2D eigenvalue weighted by Crippen LogP contribution is 2.30. The SMILES string of the molecule is O=C(Nc1cccc(N2C(=O)c3ccccc3C2=O)c1)C1CC(=O)N(Cc2ccco2)C1. The topological polar surface area (TPSA) is 99.9 Å². The maximum absolute atomic E-state index is 12.8. The molecule has 1 atom stereocenters. The van der Waals surface area contributed by atoms with E-state index >= 15 is 0 Å². The van der Waals surface area contributed by atoms with Gasteiger partial charge in [0.15, 0.2) is 0 Å². The van der Waals surface area contributed by atoms with E-state index in [1.165, 1.54) is 0 Å². The molecule has 0 radical (unpaired) electrons. The fraction of sp³-hybridized carbons (Fsp3) is 0.167. The van der Waals surface area contributed by atoms with Crippen molar-refractivity contribution in [3.05, 3.63) is 83.8 Å². The number of benzene rings is 2. The Bertz CT molecular complexity index is 1200. The van der Waals surface area contributed by atoms with Gasteiger partial charge in [-0.3, -0.25) is 19.2 Å². The molecule has 2 aliphatic rings. The van der Waals surface area contributed by atoms with Crippen molar-refractivity contribution >= 4 is 35.0 Å². The third-order valence-corrected chi connectivity index (χ3v) is 5.68. The number of nitrogens with one attached hydrogen (secondary N) is 1. The number of anilines is 2. The Morgan fingerprint density at radius 3 is 2.41 bits per heavy atom. The minimum Gasteiger partial charge on any atom is -0.467 e. The number of furan rings is 1.